The van der Waals surface area contributed by atoms with E-state index in [-0.39, 0.29) is 11.9 Å². The van der Waals surface area contributed by atoms with Gasteiger partial charge >= 0.3 is 0 Å². The van der Waals surface area contributed by atoms with Gasteiger partial charge in [-0.05, 0) is 26.0 Å². The summed E-state index contributed by atoms with van der Waals surface area (Å²) >= 11 is 0. The van der Waals surface area contributed by atoms with Gasteiger partial charge in [-0.15, -0.1) is 0 Å². The Balaban J connectivity index is 3.00. The molecule has 0 radical (unpaired) electrons. The molecule has 1 amide bonds. The third-order valence-corrected chi connectivity index (χ3v) is 2.59. The van der Waals surface area contributed by atoms with Crippen molar-refractivity contribution in [3.05, 3.63) is 29.8 Å². The number of carbonyl (C=O) groups is 1. The van der Waals surface area contributed by atoms with E-state index in [4.69, 9.17) is 10.5 Å². The Kier molecular flexibility index (Phi) is 4.97. The van der Waals surface area contributed by atoms with Crippen molar-refractivity contribution in [2.24, 2.45) is 5.73 Å². The summed E-state index contributed by atoms with van der Waals surface area (Å²) in [6.07, 6.45) is 0. The number of hydrogen-bond donors (Lipinski definition) is 1. The SMILES string of the molecule is COc1ccccc1C(=O)N(CCN)C(C)C. The Morgan fingerprint density at radius 1 is 1.41 bits per heavy atom. The molecule has 0 fully saturated rings. The number of benzene rings is 1. The Hall–Kier alpha value is -1.55. The number of rotatable bonds is 5. The van der Waals surface area contributed by atoms with Crippen molar-refractivity contribution in [2.45, 2.75) is 19.9 Å². The van der Waals surface area contributed by atoms with E-state index in [9.17, 15) is 4.79 Å². The second kappa shape index (κ2) is 6.25. The first-order chi connectivity index (χ1) is 8.11. The second-order valence-corrected chi connectivity index (χ2v) is 4.08. The van der Waals surface area contributed by atoms with E-state index >= 15 is 0 Å². The van der Waals surface area contributed by atoms with E-state index in [1.807, 2.05) is 26.0 Å². The van der Waals surface area contributed by atoms with Crippen molar-refractivity contribution in [2.75, 3.05) is 20.2 Å². The number of ether oxygens (including phenoxy) is 1. The Morgan fingerprint density at radius 2 is 2.06 bits per heavy atom. The van der Waals surface area contributed by atoms with Crippen molar-refractivity contribution in [1.82, 2.24) is 4.90 Å². The fourth-order valence-corrected chi connectivity index (χ4v) is 1.71. The number of para-hydroxylation sites is 1. The zero-order chi connectivity index (χ0) is 12.8. The molecule has 0 spiro atoms. The molecule has 1 rings (SSSR count). The normalized spacial score (nSPS) is 10.4. The summed E-state index contributed by atoms with van der Waals surface area (Å²) in [7, 11) is 1.56. The highest BCUT2D eigenvalue weighted by Gasteiger charge is 2.20. The zero-order valence-electron chi connectivity index (χ0n) is 10.6. The van der Waals surface area contributed by atoms with Crippen LogP contribution < -0.4 is 10.5 Å². The quantitative estimate of drug-likeness (QED) is 0.843. The fourth-order valence-electron chi connectivity index (χ4n) is 1.71. The summed E-state index contributed by atoms with van der Waals surface area (Å²) < 4.78 is 5.20. The molecule has 0 aliphatic heterocycles. The van der Waals surface area contributed by atoms with Gasteiger partial charge in [0.05, 0.1) is 12.7 Å². The largest absolute Gasteiger partial charge is 0.496 e. The molecule has 0 saturated heterocycles. The van der Waals surface area contributed by atoms with Crippen molar-refractivity contribution in [1.29, 1.82) is 0 Å². The van der Waals surface area contributed by atoms with E-state index in [0.29, 0.717) is 24.4 Å². The lowest BCUT2D eigenvalue weighted by molar-refractivity contribution is 0.0708. The van der Waals surface area contributed by atoms with Gasteiger partial charge in [0.25, 0.3) is 5.91 Å². The van der Waals surface area contributed by atoms with Gasteiger partial charge in [-0.25, -0.2) is 0 Å². The van der Waals surface area contributed by atoms with Crippen LogP contribution in [0.4, 0.5) is 0 Å². The first kappa shape index (κ1) is 13.5. The molecule has 0 atom stereocenters. The Morgan fingerprint density at radius 3 is 2.59 bits per heavy atom. The maximum Gasteiger partial charge on any atom is 0.257 e. The highest BCUT2D eigenvalue weighted by molar-refractivity contribution is 5.97. The molecule has 17 heavy (non-hydrogen) atoms. The minimum absolute atomic E-state index is 0.0390. The molecule has 1 aromatic carbocycles. The van der Waals surface area contributed by atoms with Gasteiger partial charge in [0, 0.05) is 19.1 Å². The standard InChI is InChI=1S/C13H20N2O2/c1-10(2)15(9-8-14)13(16)11-6-4-5-7-12(11)17-3/h4-7,10H,8-9,14H2,1-3H3. The van der Waals surface area contributed by atoms with E-state index in [0.717, 1.165) is 0 Å². The summed E-state index contributed by atoms with van der Waals surface area (Å²) in [5, 5.41) is 0. The maximum absolute atomic E-state index is 12.3. The van der Waals surface area contributed by atoms with Crippen LogP contribution in [0.1, 0.15) is 24.2 Å². The van der Waals surface area contributed by atoms with Crippen LogP contribution in [0.5, 0.6) is 5.75 Å². The lowest BCUT2D eigenvalue weighted by atomic mass is 10.1. The van der Waals surface area contributed by atoms with Gasteiger partial charge in [0.1, 0.15) is 5.75 Å². The van der Waals surface area contributed by atoms with Crippen molar-refractivity contribution in [3.8, 4) is 5.75 Å². The molecule has 0 saturated carbocycles. The molecule has 4 nitrogen and oxygen atoms in total. The predicted molar refractivity (Wildman–Crippen MR) is 68.2 cm³/mol. The molecule has 0 heterocycles. The van der Waals surface area contributed by atoms with Gasteiger partial charge in [-0.3, -0.25) is 4.79 Å². The third kappa shape index (κ3) is 3.20. The molecule has 4 heteroatoms. The summed E-state index contributed by atoms with van der Waals surface area (Å²) in [6, 6.07) is 7.35. The Labute approximate surface area is 102 Å². The zero-order valence-corrected chi connectivity index (χ0v) is 10.6. The van der Waals surface area contributed by atoms with E-state index in [2.05, 4.69) is 0 Å². The lowest BCUT2D eigenvalue weighted by Crippen LogP contribution is -2.40. The van der Waals surface area contributed by atoms with Crippen LogP contribution in [0.25, 0.3) is 0 Å². The number of methoxy groups -OCH3 is 1. The molecule has 0 unspecified atom stereocenters. The molecule has 1 aromatic rings. The van der Waals surface area contributed by atoms with Crippen LogP contribution in [0.15, 0.2) is 24.3 Å². The van der Waals surface area contributed by atoms with E-state index in [1.165, 1.54) is 0 Å². The first-order valence-corrected chi connectivity index (χ1v) is 5.75. The number of nitrogens with zero attached hydrogens (tertiary/aromatic N) is 1. The van der Waals surface area contributed by atoms with Crippen molar-refractivity contribution in [3.63, 3.8) is 0 Å². The third-order valence-electron chi connectivity index (χ3n) is 2.59. The topological polar surface area (TPSA) is 55.6 Å². The minimum Gasteiger partial charge on any atom is -0.496 e. The van der Waals surface area contributed by atoms with Crippen LogP contribution in [0.2, 0.25) is 0 Å². The minimum atomic E-state index is -0.0390. The summed E-state index contributed by atoms with van der Waals surface area (Å²) in [5.41, 5.74) is 6.11. The van der Waals surface area contributed by atoms with Gasteiger partial charge in [0.2, 0.25) is 0 Å². The van der Waals surface area contributed by atoms with Gasteiger partial charge in [0.15, 0.2) is 0 Å². The molecular formula is C13H20N2O2. The Bertz CT molecular complexity index is 377. The number of nitrogens with two attached hydrogens (primary N) is 1. The van der Waals surface area contributed by atoms with Gasteiger partial charge in [-0.2, -0.15) is 0 Å². The average molecular weight is 236 g/mol. The molecule has 2 N–H and O–H groups in total. The average Bonchev–Trinajstić information content (AvgIpc) is 2.34. The number of carbonyl (C=O) groups excluding carboxylic acids is 1. The highest BCUT2D eigenvalue weighted by atomic mass is 16.5. The molecule has 94 valence electrons. The maximum atomic E-state index is 12.3. The second-order valence-electron chi connectivity index (χ2n) is 4.08. The van der Waals surface area contributed by atoms with Crippen LogP contribution in [-0.2, 0) is 0 Å². The fraction of sp³-hybridized carbons (Fsp3) is 0.462. The first-order valence-electron chi connectivity index (χ1n) is 5.75. The number of hydrogen-bond acceptors (Lipinski definition) is 3. The van der Waals surface area contributed by atoms with Crippen LogP contribution in [-0.4, -0.2) is 37.0 Å². The summed E-state index contributed by atoms with van der Waals surface area (Å²) in [6.45, 7) is 4.96. The van der Waals surface area contributed by atoms with E-state index < -0.39 is 0 Å². The van der Waals surface area contributed by atoms with Crippen molar-refractivity contribution < 1.29 is 9.53 Å². The summed E-state index contributed by atoms with van der Waals surface area (Å²) in [4.78, 5) is 14.1. The highest BCUT2D eigenvalue weighted by Crippen LogP contribution is 2.20. The van der Waals surface area contributed by atoms with Gasteiger partial charge in [-0.1, -0.05) is 12.1 Å². The van der Waals surface area contributed by atoms with Crippen LogP contribution in [0.3, 0.4) is 0 Å². The molecule has 0 aliphatic carbocycles. The lowest BCUT2D eigenvalue weighted by Gasteiger charge is -2.26. The van der Waals surface area contributed by atoms with Crippen LogP contribution in [0, 0.1) is 0 Å². The smallest absolute Gasteiger partial charge is 0.257 e. The summed E-state index contributed by atoms with van der Waals surface area (Å²) in [5.74, 6) is 0.558. The number of amides is 1. The molecular weight excluding hydrogens is 216 g/mol. The monoisotopic (exact) mass is 236 g/mol. The van der Waals surface area contributed by atoms with Crippen LogP contribution >= 0.6 is 0 Å². The molecule has 0 bridgehead atoms. The van der Waals surface area contributed by atoms with E-state index in [1.54, 1.807) is 24.1 Å². The predicted octanol–water partition coefficient (Wildman–Crippen LogP) is 1.50. The van der Waals surface area contributed by atoms with Crippen molar-refractivity contribution >= 4 is 5.91 Å². The molecule has 0 aromatic heterocycles. The molecule has 0 aliphatic rings. The van der Waals surface area contributed by atoms with Gasteiger partial charge < -0.3 is 15.4 Å².